The molecule has 0 atom stereocenters. The number of rotatable bonds is 4. The Morgan fingerprint density at radius 1 is 1.24 bits per heavy atom. The number of nitrogens with one attached hydrogen (secondary N) is 1. The molecule has 1 saturated heterocycles. The van der Waals surface area contributed by atoms with Crippen molar-refractivity contribution in [3.8, 4) is 0 Å². The van der Waals surface area contributed by atoms with Gasteiger partial charge in [-0.3, -0.25) is 4.79 Å². The molecule has 1 aromatic carbocycles. The Kier molecular flexibility index (Phi) is 5.22. The standard InChI is InChI=1S/C15H19F3N2O/c1-2-19-9-10-3-5-20(6-4-10)15(21)14-12(17)7-11(16)8-13(14)18/h7-8,10,19H,2-6,9H2,1H3. The molecule has 1 N–H and O–H groups in total. The van der Waals surface area contributed by atoms with Gasteiger partial charge in [-0.05, 0) is 31.8 Å². The van der Waals surface area contributed by atoms with Crippen LogP contribution in [-0.4, -0.2) is 37.0 Å². The van der Waals surface area contributed by atoms with Crippen molar-refractivity contribution in [2.45, 2.75) is 19.8 Å². The fraction of sp³-hybridized carbons (Fsp3) is 0.533. The SMILES string of the molecule is CCNCC1CCN(C(=O)c2c(F)cc(F)cc2F)CC1. The molecule has 1 aliphatic rings. The van der Waals surface area contributed by atoms with Crippen molar-refractivity contribution in [2.75, 3.05) is 26.2 Å². The Morgan fingerprint density at radius 2 is 1.81 bits per heavy atom. The van der Waals surface area contributed by atoms with E-state index in [1.54, 1.807) is 0 Å². The Morgan fingerprint density at radius 3 is 2.33 bits per heavy atom. The first-order chi connectivity index (χ1) is 10.0. The van der Waals surface area contributed by atoms with Crippen LogP contribution in [0.15, 0.2) is 12.1 Å². The lowest BCUT2D eigenvalue weighted by Gasteiger charge is -2.32. The third kappa shape index (κ3) is 3.75. The number of carbonyl (C=O) groups is 1. The molecule has 0 radical (unpaired) electrons. The van der Waals surface area contributed by atoms with Crippen LogP contribution in [0, 0.1) is 23.4 Å². The fourth-order valence-corrected chi connectivity index (χ4v) is 2.59. The number of amides is 1. The van der Waals surface area contributed by atoms with Gasteiger partial charge in [0.25, 0.3) is 5.91 Å². The Labute approximate surface area is 122 Å². The smallest absolute Gasteiger partial charge is 0.259 e. The van der Waals surface area contributed by atoms with Gasteiger partial charge in [0, 0.05) is 25.2 Å². The molecule has 0 spiro atoms. The molecule has 21 heavy (non-hydrogen) atoms. The summed E-state index contributed by atoms with van der Waals surface area (Å²) in [5, 5.41) is 3.25. The van der Waals surface area contributed by atoms with Gasteiger partial charge in [-0.15, -0.1) is 0 Å². The van der Waals surface area contributed by atoms with Crippen LogP contribution in [0.2, 0.25) is 0 Å². The quantitative estimate of drug-likeness (QED) is 0.927. The van der Waals surface area contributed by atoms with E-state index in [9.17, 15) is 18.0 Å². The molecule has 1 amide bonds. The fourth-order valence-electron chi connectivity index (χ4n) is 2.59. The van der Waals surface area contributed by atoms with Gasteiger partial charge in [0.2, 0.25) is 0 Å². The Balaban J connectivity index is 2.02. The maximum absolute atomic E-state index is 13.6. The van der Waals surface area contributed by atoms with Gasteiger partial charge in [0.15, 0.2) is 0 Å². The molecule has 116 valence electrons. The molecule has 1 aliphatic heterocycles. The highest BCUT2D eigenvalue weighted by Crippen LogP contribution is 2.21. The second-order valence-electron chi connectivity index (χ2n) is 5.29. The van der Waals surface area contributed by atoms with Gasteiger partial charge in [-0.1, -0.05) is 6.92 Å². The molecule has 0 bridgehead atoms. The number of halogens is 3. The maximum Gasteiger partial charge on any atom is 0.259 e. The van der Waals surface area contributed by atoms with Crippen LogP contribution in [0.3, 0.4) is 0 Å². The largest absolute Gasteiger partial charge is 0.338 e. The molecule has 3 nitrogen and oxygen atoms in total. The number of piperidine rings is 1. The van der Waals surface area contributed by atoms with Crippen LogP contribution >= 0.6 is 0 Å². The summed E-state index contributed by atoms with van der Waals surface area (Å²) >= 11 is 0. The van der Waals surface area contributed by atoms with Gasteiger partial charge >= 0.3 is 0 Å². The van der Waals surface area contributed by atoms with Crippen molar-refractivity contribution in [3.63, 3.8) is 0 Å². The second-order valence-corrected chi connectivity index (χ2v) is 5.29. The molecule has 0 aromatic heterocycles. The van der Waals surface area contributed by atoms with Gasteiger partial charge in [0.1, 0.15) is 23.0 Å². The third-order valence-electron chi connectivity index (χ3n) is 3.81. The Bertz CT molecular complexity index is 491. The van der Waals surface area contributed by atoms with Gasteiger partial charge in [-0.25, -0.2) is 13.2 Å². The van der Waals surface area contributed by atoms with Crippen LogP contribution in [-0.2, 0) is 0 Å². The lowest BCUT2D eigenvalue weighted by atomic mass is 9.96. The predicted octanol–water partition coefficient (Wildman–Crippen LogP) is 2.57. The van der Waals surface area contributed by atoms with E-state index in [1.165, 1.54) is 4.90 Å². The molecule has 0 saturated carbocycles. The van der Waals surface area contributed by atoms with E-state index in [0.717, 1.165) is 25.9 Å². The third-order valence-corrected chi connectivity index (χ3v) is 3.81. The monoisotopic (exact) mass is 300 g/mol. The van der Waals surface area contributed by atoms with Crippen molar-refractivity contribution in [2.24, 2.45) is 5.92 Å². The molecular weight excluding hydrogens is 281 g/mol. The van der Waals surface area contributed by atoms with Gasteiger partial charge < -0.3 is 10.2 Å². The lowest BCUT2D eigenvalue weighted by molar-refractivity contribution is 0.0680. The number of hydrogen-bond donors (Lipinski definition) is 1. The van der Waals surface area contributed by atoms with E-state index in [-0.39, 0.29) is 0 Å². The van der Waals surface area contributed by atoms with Crippen LogP contribution < -0.4 is 5.32 Å². The second kappa shape index (κ2) is 6.93. The van der Waals surface area contributed by atoms with E-state index in [2.05, 4.69) is 5.32 Å². The first-order valence-corrected chi connectivity index (χ1v) is 7.17. The number of benzene rings is 1. The van der Waals surface area contributed by atoms with E-state index < -0.39 is 28.9 Å². The summed E-state index contributed by atoms with van der Waals surface area (Å²) in [6.07, 6.45) is 1.59. The van der Waals surface area contributed by atoms with Crippen LogP contribution in [0.25, 0.3) is 0 Å². The molecule has 2 rings (SSSR count). The molecule has 1 aromatic rings. The van der Waals surface area contributed by atoms with Crippen molar-refractivity contribution >= 4 is 5.91 Å². The zero-order valence-corrected chi connectivity index (χ0v) is 12.0. The van der Waals surface area contributed by atoms with Crippen molar-refractivity contribution in [1.29, 1.82) is 0 Å². The van der Waals surface area contributed by atoms with E-state index >= 15 is 0 Å². The number of carbonyl (C=O) groups excluding carboxylic acids is 1. The molecule has 6 heteroatoms. The first-order valence-electron chi connectivity index (χ1n) is 7.17. The summed E-state index contributed by atoms with van der Waals surface area (Å²) in [7, 11) is 0. The summed E-state index contributed by atoms with van der Waals surface area (Å²) in [5.74, 6) is -3.55. The molecular formula is C15H19F3N2O. The lowest BCUT2D eigenvalue weighted by Crippen LogP contribution is -2.41. The van der Waals surface area contributed by atoms with Gasteiger partial charge in [0.05, 0.1) is 0 Å². The minimum atomic E-state index is -1.15. The van der Waals surface area contributed by atoms with Crippen molar-refractivity contribution in [3.05, 3.63) is 35.1 Å². The maximum atomic E-state index is 13.6. The minimum Gasteiger partial charge on any atom is -0.338 e. The van der Waals surface area contributed by atoms with Crippen molar-refractivity contribution in [1.82, 2.24) is 10.2 Å². The Hall–Kier alpha value is -1.56. The number of nitrogens with zero attached hydrogens (tertiary/aromatic N) is 1. The predicted molar refractivity (Wildman–Crippen MR) is 73.5 cm³/mol. The van der Waals surface area contributed by atoms with Crippen LogP contribution in [0.5, 0.6) is 0 Å². The normalized spacial score (nSPS) is 16.3. The highest BCUT2D eigenvalue weighted by atomic mass is 19.1. The number of hydrogen-bond acceptors (Lipinski definition) is 2. The zero-order chi connectivity index (χ0) is 15.4. The van der Waals surface area contributed by atoms with E-state index in [4.69, 9.17) is 0 Å². The van der Waals surface area contributed by atoms with E-state index in [0.29, 0.717) is 31.1 Å². The van der Waals surface area contributed by atoms with E-state index in [1.807, 2.05) is 6.92 Å². The highest BCUT2D eigenvalue weighted by molar-refractivity contribution is 5.94. The molecule has 1 heterocycles. The summed E-state index contributed by atoms with van der Waals surface area (Å²) < 4.78 is 40.1. The molecule has 1 fully saturated rings. The summed E-state index contributed by atoms with van der Waals surface area (Å²) in [4.78, 5) is 13.6. The molecule has 0 aliphatic carbocycles. The van der Waals surface area contributed by atoms with Crippen LogP contribution in [0.1, 0.15) is 30.1 Å². The topological polar surface area (TPSA) is 32.3 Å². The van der Waals surface area contributed by atoms with Crippen LogP contribution in [0.4, 0.5) is 13.2 Å². The summed E-state index contributed by atoms with van der Waals surface area (Å²) in [6, 6.07) is 1.07. The minimum absolute atomic E-state index is 0.463. The van der Waals surface area contributed by atoms with Gasteiger partial charge in [-0.2, -0.15) is 0 Å². The first kappa shape index (κ1) is 15.8. The average molecular weight is 300 g/mol. The average Bonchev–Trinajstić information content (AvgIpc) is 2.44. The summed E-state index contributed by atoms with van der Waals surface area (Å²) in [6.45, 7) is 4.73. The van der Waals surface area contributed by atoms with Crippen molar-refractivity contribution < 1.29 is 18.0 Å². The molecule has 0 unspecified atom stereocenters. The highest BCUT2D eigenvalue weighted by Gasteiger charge is 2.27. The summed E-state index contributed by atoms with van der Waals surface area (Å²) in [5.41, 5.74) is -0.665. The number of likely N-dealkylation sites (tertiary alicyclic amines) is 1. The zero-order valence-electron chi connectivity index (χ0n) is 12.0.